The summed E-state index contributed by atoms with van der Waals surface area (Å²) in [6.45, 7) is 3.61. The second kappa shape index (κ2) is 10.0. The zero-order valence-corrected chi connectivity index (χ0v) is 17.8. The number of piperidine rings is 1. The Balaban J connectivity index is 1.99. The number of nitrogens with zero attached hydrogens (tertiary/aromatic N) is 1. The number of nitrogens with one attached hydrogen (secondary N) is 2. The number of carbonyl (C=O) groups is 3. The lowest BCUT2D eigenvalue weighted by atomic mass is 10.00. The van der Waals surface area contributed by atoms with Gasteiger partial charge in [0.25, 0.3) is 5.91 Å². The van der Waals surface area contributed by atoms with E-state index in [0.717, 1.165) is 0 Å². The van der Waals surface area contributed by atoms with Crippen molar-refractivity contribution in [3.63, 3.8) is 0 Å². The average molecular weight is 446 g/mol. The number of carbonyl (C=O) groups excluding carboxylic acids is 3. The van der Waals surface area contributed by atoms with Gasteiger partial charge in [-0.3, -0.25) is 14.9 Å². The van der Waals surface area contributed by atoms with E-state index in [0.29, 0.717) is 24.4 Å². The molecule has 29 heavy (non-hydrogen) atoms. The molecule has 0 saturated carbocycles. The van der Waals surface area contributed by atoms with Crippen LogP contribution < -0.4 is 10.6 Å². The second-order valence-electron chi connectivity index (χ2n) is 6.58. The normalized spacial score (nSPS) is 18.5. The van der Waals surface area contributed by atoms with E-state index in [2.05, 4.69) is 10.6 Å². The van der Waals surface area contributed by atoms with E-state index in [1.165, 1.54) is 35.5 Å². The molecule has 1 fully saturated rings. The van der Waals surface area contributed by atoms with E-state index in [1.807, 2.05) is 0 Å². The van der Waals surface area contributed by atoms with Crippen molar-refractivity contribution >= 4 is 39.5 Å². The van der Waals surface area contributed by atoms with Crippen molar-refractivity contribution in [2.75, 3.05) is 19.6 Å². The molecule has 11 heteroatoms. The van der Waals surface area contributed by atoms with Gasteiger partial charge in [-0.25, -0.2) is 13.2 Å². The molecule has 2 N–H and O–H groups in total. The van der Waals surface area contributed by atoms with E-state index in [9.17, 15) is 22.8 Å². The molecule has 9 nitrogen and oxygen atoms in total. The Morgan fingerprint density at radius 1 is 1.28 bits per heavy atom. The molecule has 0 radical (unpaired) electrons. The van der Waals surface area contributed by atoms with Crippen LogP contribution in [0.2, 0.25) is 5.02 Å². The largest absolute Gasteiger partial charge is 0.452 e. The molecular formula is C18H24ClN3O6S. The summed E-state index contributed by atoms with van der Waals surface area (Å²) in [6, 6.07) is 5.11. The minimum Gasteiger partial charge on any atom is -0.452 e. The van der Waals surface area contributed by atoms with E-state index >= 15 is 0 Å². The fraction of sp³-hybridized carbons (Fsp3) is 0.500. The van der Waals surface area contributed by atoms with E-state index < -0.39 is 40.0 Å². The van der Waals surface area contributed by atoms with Gasteiger partial charge in [-0.2, -0.15) is 4.31 Å². The fourth-order valence-corrected chi connectivity index (χ4v) is 4.50. The maximum Gasteiger partial charge on any atom is 0.321 e. The molecule has 0 spiro atoms. The number of imide groups is 1. The van der Waals surface area contributed by atoms with Gasteiger partial charge in [0, 0.05) is 24.7 Å². The summed E-state index contributed by atoms with van der Waals surface area (Å²) in [6.07, 6.45) is -0.268. The molecular weight excluding hydrogens is 422 g/mol. The van der Waals surface area contributed by atoms with E-state index in [1.54, 1.807) is 6.92 Å². The third-order valence-corrected chi connectivity index (χ3v) is 6.54. The number of esters is 1. The first-order chi connectivity index (χ1) is 13.6. The Morgan fingerprint density at radius 2 is 1.93 bits per heavy atom. The third kappa shape index (κ3) is 6.15. The molecule has 1 aromatic rings. The molecule has 0 aromatic heterocycles. The maximum absolute atomic E-state index is 12.8. The van der Waals surface area contributed by atoms with E-state index in [4.69, 9.17) is 16.3 Å². The summed E-state index contributed by atoms with van der Waals surface area (Å²) in [7, 11) is -3.78. The minimum atomic E-state index is -3.78. The molecule has 1 aromatic carbocycles. The van der Waals surface area contributed by atoms with Crippen LogP contribution in [0.5, 0.6) is 0 Å². The minimum absolute atomic E-state index is 0.0472. The van der Waals surface area contributed by atoms with Crippen molar-refractivity contribution in [3.05, 3.63) is 29.3 Å². The topological polar surface area (TPSA) is 122 Å². The first kappa shape index (κ1) is 23.1. The Bertz CT molecular complexity index is 859. The van der Waals surface area contributed by atoms with Gasteiger partial charge in [-0.1, -0.05) is 11.6 Å². The van der Waals surface area contributed by atoms with Crippen molar-refractivity contribution in [3.8, 4) is 0 Å². The van der Waals surface area contributed by atoms with Crippen molar-refractivity contribution in [1.82, 2.24) is 14.9 Å². The molecule has 0 unspecified atom stereocenters. The van der Waals surface area contributed by atoms with Crippen molar-refractivity contribution < 1.29 is 27.5 Å². The molecule has 1 saturated heterocycles. The van der Waals surface area contributed by atoms with Crippen molar-refractivity contribution in [2.24, 2.45) is 5.92 Å². The first-order valence-electron chi connectivity index (χ1n) is 9.20. The molecule has 160 valence electrons. The van der Waals surface area contributed by atoms with Crippen LogP contribution in [-0.2, 0) is 24.3 Å². The number of halogens is 1. The van der Waals surface area contributed by atoms with Gasteiger partial charge in [-0.05, 0) is 51.0 Å². The lowest BCUT2D eigenvalue weighted by Gasteiger charge is -2.31. The van der Waals surface area contributed by atoms with Crippen LogP contribution in [0.3, 0.4) is 0 Å². The molecule has 1 aliphatic heterocycles. The maximum atomic E-state index is 12.8. The number of hydrogen-bond acceptors (Lipinski definition) is 6. The van der Waals surface area contributed by atoms with Crippen LogP contribution in [0.1, 0.15) is 26.7 Å². The Labute approximate surface area is 174 Å². The van der Waals surface area contributed by atoms with Gasteiger partial charge in [-0.15, -0.1) is 0 Å². The SMILES string of the molecule is CCNC(=O)NC(=O)[C@H](C)OC(=O)[C@H]1CCCN(S(=O)(=O)c2ccc(Cl)cc2)C1. The molecule has 1 aliphatic rings. The number of amides is 3. The average Bonchev–Trinajstić information content (AvgIpc) is 2.68. The molecule has 0 aliphatic carbocycles. The first-order valence-corrected chi connectivity index (χ1v) is 11.0. The summed E-state index contributed by atoms with van der Waals surface area (Å²) < 4.78 is 32.0. The Kier molecular flexibility index (Phi) is 8.00. The highest BCUT2D eigenvalue weighted by Gasteiger charge is 2.35. The predicted octanol–water partition coefficient (Wildman–Crippen LogP) is 1.52. The predicted molar refractivity (Wildman–Crippen MR) is 106 cm³/mol. The van der Waals surface area contributed by atoms with Crippen LogP contribution in [0, 0.1) is 5.92 Å². The highest BCUT2D eigenvalue weighted by molar-refractivity contribution is 7.89. The number of rotatable bonds is 6. The molecule has 2 rings (SSSR count). The summed E-state index contributed by atoms with van der Waals surface area (Å²) in [5, 5.41) is 4.88. The number of benzene rings is 1. The lowest BCUT2D eigenvalue weighted by Crippen LogP contribution is -2.46. The smallest absolute Gasteiger partial charge is 0.321 e. The lowest BCUT2D eigenvalue weighted by molar-refractivity contribution is -0.159. The third-order valence-electron chi connectivity index (χ3n) is 4.41. The summed E-state index contributed by atoms with van der Waals surface area (Å²) in [4.78, 5) is 35.8. The number of urea groups is 1. The van der Waals surface area contributed by atoms with Crippen molar-refractivity contribution in [1.29, 1.82) is 0 Å². The monoisotopic (exact) mass is 445 g/mol. The summed E-state index contributed by atoms with van der Waals surface area (Å²) in [5.74, 6) is -2.14. The second-order valence-corrected chi connectivity index (χ2v) is 8.96. The fourth-order valence-electron chi connectivity index (χ4n) is 2.85. The zero-order chi connectivity index (χ0) is 21.6. The Morgan fingerprint density at radius 3 is 2.55 bits per heavy atom. The molecule has 3 amide bonds. The number of hydrogen-bond donors (Lipinski definition) is 2. The van der Waals surface area contributed by atoms with Gasteiger partial charge in [0.1, 0.15) is 0 Å². The summed E-state index contributed by atoms with van der Waals surface area (Å²) >= 11 is 5.81. The van der Waals surface area contributed by atoms with Gasteiger partial charge in [0.2, 0.25) is 10.0 Å². The number of ether oxygens (including phenoxy) is 1. The van der Waals surface area contributed by atoms with Crippen LogP contribution >= 0.6 is 11.6 Å². The van der Waals surface area contributed by atoms with Gasteiger partial charge in [0.05, 0.1) is 10.8 Å². The van der Waals surface area contributed by atoms with Gasteiger partial charge >= 0.3 is 12.0 Å². The molecule has 0 bridgehead atoms. The quantitative estimate of drug-likeness (QED) is 0.640. The standard InChI is InChI=1S/C18H24ClN3O6S/c1-3-20-18(25)21-16(23)12(2)28-17(24)13-5-4-10-22(11-13)29(26,27)15-8-6-14(19)7-9-15/h6-9,12-13H,3-5,10-11H2,1-2H3,(H2,20,21,23,25)/t12-,13-/m0/s1. The van der Waals surface area contributed by atoms with Gasteiger partial charge < -0.3 is 10.1 Å². The summed E-state index contributed by atoms with van der Waals surface area (Å²) in [5.41, 5.74) is 0. The van der Waals surface area contributed by atoms with E-state index in [-0.39, 0.29) is 18.0 Å². The molecule has 2 atom stereocenters. The van der Waals surface area contributed by atoms with Crippen LogP contribution in [0.15, 0.2) is 29.2 Å². The van der Waals surface area contributed by atoms with Crippen LogP contribution in [-0.4, -0.2) is 56.4 Å². The molecule has 1 heterocycles. The Hall–Kier alpha value is -2.17. The van der Waals surface area contributed by atoms with Crippen LogP contribution in [0.25, 0.3) is 0 Å². The zero-order valence-electron chi connectivity index (χ0n) is 16.2. The van der Waals surface area contributed by atoms with Crippen molar-refractivity contribution in [2.45, 2.75) is 37.7 Å². The van der Waals surface area contributed by atoms with Crippen LogP contribution in [0.4, 0.5) is 4.79 Å². The van der Waals surface area contributed by atoms with Gasteiger partial charge in [0.15, 0.2) is 6.10 Å². The number of sulfonamides is 1. The highest BCUT2D eigenvalue weighted by atomic mass is 35.5. The highest BCUT2D eigenvalue weighted by Crippen LogP contribution is 2.25.